The third-order valence-electron chi connectivity index (χ3n) is 6.14. The summed E-state index contributed by atoms with van der Waals surface area (Å²) < 4.78 is 9.02. The molecule has 0 bridgehead atoms. The van der Waals surface area contributed by atoms with Gasteiger partial charge >= 0.3 is 5.69 Å². The second-order valence-electron chi connectivity index (χ2n) is 7.96. The number of hydrogen-bond acceptors (Lipinski definition) is 7. The highest BCUT2D eigenvalue weighted by atomic mass is 16.5. The molecule has 10 nitrogen and oxygen atoms in total. The van der Waals surface area contributed by atoms with E-state index in [1.807, 2.05) is 6.07 Å². The molecule has 3 aromatic heterocycles. The van der Waals surface area contributed by atoms with Crippen LogP contribution in [0.2, 0.25) is 0 Å². The van der Waals surface area contributed by atoms with Gasteiger partial charge in [0.2, 0.25) is 5.95 Å². The Morgan fingerprint density at radius 3 is 2.77 bits per heavy atom. The molecule has 0 saturated carbocycles. The van der Waals surface area contributed by atoms with E-state index in [-0.39, 0.29) is 11.7 Å². The molecule has 0 atom stereocenters. The van der Waals surface area contributed by atoms with Crippen molar-refractivity contribution < 1.29 is 4.74 Å². The lowest BCUT2D eigenvalue weighted by Crippen LogP contribution is -2.38. The van der Waals surface area contributed by atoms with Gasteiger partial charge in [-0.25, -0.2) is 9.78 Å². The van der Waals surface area contributed by atoms with E-state index in [0.29, 0.717) is 35.9 Å². The first-order valence-electron chi connectivity index (χ1n) is 10.5. The lowest BCUT2D eigenvalue weighted by molar-refractivity contribution is 0.0697. The van der Waals surface area contributed by atoms with E-state index in [9.17, 15) is 10.1 Å². The molecule has 5 heterocycles. The van der Waals surface area contributed by atoms with Crippen LogP contribution in [0.25, 0.3) is 28.1 Å². The fourth-order valence-corrected chi connectivity index (χ4v) is 4.36. The predicted octanol–water partition coefficient (Wildman–Crippen LogP) is 1.89. The van der Waals surface area contributed by atoms with Crippen molar-refractivity contribution in [3.63, 3.8) is 0 Å². The number of H-pyrrole nitrogens is 1. The molecule has 0 unspecified atom stereocenters. The molecule has 0 radical (unpaired) electrons. The minimum atomic E-state index is -0.169. The molecule has 10 heteroatoms. The lowest BCUT2D eigenvalue weighted by Gasteiger charge is -2.32. The molecule has 31 heavy (non-hydrogen) atoms. The first-order chi connectivity index (χ1) is 15.2. The Morgan fingerprint density at radius 2 is 2.03 bits per heavy atom. The van der Waals surface area contributed by atoms with Gasteiger partial charge in [-0.2, -0.15) is 15.2 Å². The Hall–Kier alpha value is -3.71. The van der Waals surface area contributed by atoms with E-state index in [1.165, 1.54) is 0 Å². The SMILES string of the molecule is N#Cc1ccc2ncn(-c3nc(N4CCC4)c4[nH]c(=O)n(C5CCOCC5)c4n3)c2c1. The summed E-state index contributed by atoms with van der Waals surface area (Å²) in [4.78, 5) is 32.2. The lowest BCUT2D eigenvalue weighted by atomic mass is 10.1. The van der Waals surface area contributed by atoms with Crippen LogP contribution >= 0.6 is 0 Å². The van der Waals surface area contributed by atoms with Crippen LogP contribution in [0, 0.1) is 11.3 Å². The molecule has 2 aliphatic heterocycles. The standard InChI is InChI=1S/C21H20N8O2/c22-11-13-2-3-15-16(10-13)28(12-23-15)20-25-18(27-6-1-7-27)17-19(26-20)29(21(30)24-17)14-4-8-31-9-5-14/h2-3,10,12,14H,1,4-9H2,(H,24,30). The summed E-state index contributed by atoms with van der Waals surface area (Å²) in [6.07, 6.45) is 4.29. The third-order valence-corrected chi connectivity index (χ3v) is 6.14. The van der Waals surface area contributed by atoms with Crippen molar-refractivity contribution in [2.75, 3.05) is 31.2 Å². The smallest absolute Gasteiger partial charge is 0.328 e. The van der Waals surface area contributed by atoms with Gasteiger partial charge in [0, 0.05) is 32.3 Å². The van der Waals surface area contributed by atoms with Gasteiger partial charge in [0.05, 0.1) is 22.7 Å². The van der Waals surface area contributed by atoms with Crippen LogP contribution in [0.3, 0.4) is 0 Å². The average Bonchev–Trinajstić information content (AvgIpc) is 3.33. The van der Waals surface area contributed by atoms with Crippen molar-refractivity contribution in [2.24, 2.45) is 0 Å². The normalized spacial score (nSPS) is 17.2. The minimum Gasteiger partial charge on any atom is -0.381 e. The van der Waals surface area contributed by atoms with Gasteiger partial charge in [-0.1, -0.05) is 0 Å². The summed E-state index contributed by atoms with van der Waals surface area (Å²) in [5, 5.41) is 9.31. The van der Waals surface area contributed by atoms with Crippen LogP contribution in [-0.4, -0.2) is 55.4 Å². The van der Waals surface area contributed by atoms with Crippen molar-refractivity contribution in [2.45, 2.75) is 25.3 Å². The molecule has 1 aromatic carbocycles. The molecule has 0 amide bonds. The zero-order valence-electron chi connectivity index (χ0n) is 16.8. The summed E-state index contributed by atoms with van der Waals surface area (Å²) in [7, 11) is 0. The monoisotopic (exact) mass is 416 g/mol. The van der Waals surface area contributed by atoms with Gasteiger partial charge in [0.25, 0.3) is 0 Å². The van der Waals surface area contributed by atoms with E-state index in [2.05, 4.69) is 20.9 Å². The highest BCUT2D eigenvalue weighted by Gasteiger charge is 2.27. The number of nitrogens with zero attached hydrogens (tertiary/aromatic N) is 7. The number of aromatic nitrogens is 6. The Balaban J connectivity index is 1.60. The summed E-state index contributed by atoms with van der Waals surface area (Å²) in [6.45, 7) is 3.03. The van der Waals surface area contributed by atoms with Gasteiger partial charge in [0.15, 0.2) is 11.5 Å². The van der Waals surface area contributed by atoms with Crippen LogP contribution in [0.4, 0.5) is 5.82 Å². The van der Waals surface area contributed by atoms with Crippen molar-refractivity contribution in [3.8, 4) is 12.0 Å². The zero-order valence-corrected chi connectivity index (χ0v) is 16.8. The molecule has 6 rings (SSSR count). The van der Waals surface area contributed by atoms with Crippen LogP contribution in [0.15, 0.2) is 29.3 Å². The molecule has 1 N–H and O–H groups in total. The molecule has 4 aromatic rings. The maximum absolute atomic E-state index is 12.9. The quantitative estimate of drug-likeness (QED) is 0.542. The summed E-state index contributed by atoms with van der Waals surface area (Å²) >= 11 is 0. The molecule has 2 fully saturated rings. The molecular weight excluding hydrogens is 396 g/mol. The topological polar surface area (TPSA) is 118 Å². The number of benzene rings is 1. The summed E-state index contributed by atoms with van der Waals surface area (Å²) in [5.41, 5.74) is 3.15. The van der Waals surface area contributed by atoms with Crippen LogP contribution in [0.1, 0.15) is 30.9 Å². The fraction of sp³-hybridized carbons (Fsp3) is 0.381. The summed E-state index contributed by atoms with van der Waals surface area (Å²) in [5.74, 6) is 1.17. The molecule has 0 spiro atoms. The molecule has 0 aliphatic carbocycles. The fourth-order valence-electron chi connectivity index (χ4n) is 4.36. The Bertz CT molecular complexity index is 1400. The number of anilines is 1. The van der Waals surface area contributed by atoms with Gasteiger partial charge in [-0.15, -0.1) is 0 Å². The number of imidazole rings is 2. The second kappa shape index (κ2) is 6.92. The number of nitrogens with one attached hydrogen (secondary N) is 1. The van der Waals surface area contributed by atoms with Crippen LogP contribution in [0.5, 0.6) is 0 Å². The number of hydrogen-bond donors (Lipinski definition) is 1. The van der Waals surface area contributed by atoms with Crippen molar-refractivity contribution in [1.82, 2.24) is 29.1 Å². The number of fused-ring (bicyclic) bond motifs is 2. The molecule has 156 valence electrons. The Kier molecular flexibility index (Phi) is 4.04. The Morgan fingerprint density at radius 1 is 1.19 bits per heavy atom. The zero-order chi connectivity index (χ0) is 20.9. The number of ether oxygens (including phenoxy) is 1. The van der Waals surface area contributed by atoms with Crippen LogP contribution in [-0.2, 0) is 4.74 Å². The number of aromatic amines is 1. The highest BCUT2D eigenvalue weighted by molar-refractivity contribution is 5.85. The average molecular weight is 416 g/mol. The summed E-state index contributed by atoms with van der Waals surface area (Å²) in [6, 6.07) is 7.53. The minimum absolute atomic E-state index is 0.0340. The van der Waals surface area contributed by atoms with E-state index in [4.69, 9.17) is 14.7 Å². The van der Waals surface area contributed by atoms with E-state index >= 15 is 0 Å². The molecule has 2 aliphatic rings. The molecular formula is C21H20N8O2. The predicted molar refractivity (Wildman–Crippen MR) is 113 cm³/mol. The van der Waals surface area contributed by atoms with Crippen molar-refractivity contribution in [1.29, 1.82) is 5.26 Å². The number of nitriles is 1. The highest BCUT2D eigenvalue weighted by Crippen LogP contribution is 2.30. The maximum atomic E-state index is 12.9. The van der Waals surface area contributed by atoms with Gasteiger partial charge in [-0.05, 0) is 37.5 Å². The van der Waals surface area contributed by atoms with Crippen molar-refractivity contribution in [3.05, 3.63) is 40.6 Å². The van der Waals surface area contributed by atoms with Gasteiger partial charge in [-0.3, -0.25) is 9.13 Å². The van der Waals surface area contributed by atoms with E-state index < -0.39 is 0 Å². The maximum Gasteiger partial charge on any atom is 0.328 e. The van der Waals surface area contributed by atoms with Crippen molar-refractivity contribution >= 4 is 28.0 Å². The largest absolute Gasteiger partial charge is 0.381 e. The molecule has 2 saturated heterocycles. The van der Waals surface area contributed by atoms with Gasteiger partial charge in [0.1, 0.15) is 11.8 Å². The first-order valence-corrected chi connectivity index (χ1v) is 10.5. The third kappa shape index (κ3) is 2.81. The second-order valence-corrected chi connectivity index (χ2v) is 7.96. The number of rotatable bonds is 3. The first kappa shape index (κ1) is 18.1. The Labute approximate surface area is 176 Å². The van der Waals surface area contributed by atoms with Gasteiger partial charge < -0.3 is 14.6 Å². The van der Waals surface area contributed by atoms with E-state index in [1.54, 1.807) is 27.6 Å². The van der Waals surface area contributed by atoms with Crippen LogP contribution < -0.4 is 10.6 Å². The van der Waals surface area contributed by atoms with E-state index in [0.717, 1.165) is 49.2 Å².